The monoisotopic (exact) mass is 517 g/mol. The lowest BCUT2D eigenvalue weighted by Crippen LogP contribution is -2.27. The molecule has 0 unspecified atom stereocenters. The Morgan fingerprint density at radius 1 is 1.11 bits per heavy atom. The number of rotatable bonds is 9. The molecule has 1 aromatic heterocycles. The highest BCUT2D eigenvalue weighted by Crippen LogP contribution is 2.35. The predicted octanol–water partition coefficient (Wildman–Crippen LogP) is 6.11. The first kappa shape index (κ1) is 25.1. The summed E-state index contributed by atoms with van der Waals surface area (Å²) >= 11 is 7.64. The average Bonchev–Trinajstić information content (AvgIpc) is 3.18. The highest BCUT2D eigenvalue weighted by Gasteiger charge is 2.27. The fraction of sp³-hybridized carbons (Fsp3) is 0.346. The minimum absolute atomic E-state index is 0.0224. The second-order valence-electron chi connectivity index (χ2n) is 8.60. The van der Waals surface area contributed by atoms with E-state index in [2.05, 4.69) is 5.32 Å². The molecule has 0 saturated heterocycles. The first-order chi connectivity index (χ1) is 16.8. The maximum Gasteiger partial charge on any atom is 0.306 e. The molecule has 2 N–H and O–H groups in total. The molecular weight excluding hydrogens is 493 g/mol. The van der Waals surface area contributed by atoms with Crippen LogP contribution in [-0.2, 0) is 4.79 Å². The molecular formula is C26H25ClFNO5S. The number of aliphatic carboxylic acids is 1. The van der Waals surface area contributed by atoms with Gasteiger partial charge in [-0.05, 0) is 50.3 Å². The van der Waals surface area contributed by atoms with E-state index in [1.807, 2.05) is 24.3 Å². The van der Waals surface area contributed by atoms with Crippen molar-refractivity contribution in [2.24, 2.45) is 5.92 Å². The van der Waals surface area contributed by atoms with Gasteiger partial charge in [-0.2, -0.15) is 0 Å². The van der Waals surface area contributed by atoms with Crippen LogP contribution < -0.4 is 10.1 Å². The van der Waals surface area contributed by atoms with Crippen molar-refractivity contribution in [1.82, 2.24) is 5.32 Å². The smallest absolute Gasteiger partial charge is 0.306 e. The van der Waals surface area contributed by atoms with Gasteiger partial charge in [0.15, 0.2) is 5.78 Å². The van der Waals surface area contributed by atoms with Crippen LogP contribution in [0.4, 0.5) is 4.39 Å². The number of Topliss-reactive ketones (excluding diaryl/α,β-unsaturated/α-hetero) is 1. The van der Waals surface area contributed by atoms with E-state index in [4.69, 9.17) is 21.4 Å². The van der Waals surface area contributed by atoms with Crippen LogP contribution in [0, 0.1) is 11.7 Å². The van der Waals surface area contributed by atoms with Gasteiger partial charge in [0.1, 0.15) is 16.4 Å². The number of carboxylic acid groups (broad SMARTS) is 1. The number of amides is 1. The summed E-state index contributed by atoms with van der Waals surface area (Å²) in [6.07, 6.45) is 2.53. The summed E-state index contributed by atoms with van der Waals surface area (Å²) in [6.45, 7) is 0.261. The molecule has 0 aliphatic heterocycles. The Bertz CT molecular complexity index is 1250. The van der Waals surface area contributed by atoms with E-state index >= 15 is 0 Å². The van der Waals surface area contributed by atoms with Gasteiger partial charge in [0.05, 0.1) is 22.6 Å². The van der Waals surface area contributed by atoms with Crippen LogP contribution in [0.5, 0.6) is 5.75 Å². The van der Waals surface area contributed by atoms with Crippen LogP contribution >= 0.6 is 22.9 Å². The van der Waals surface area contributed by atoms with Crippen molar-refractivity contribution in [3.63, 3.8) is 0 Å². The van der Waals surface area contributed by atoms with Crippen LogP contribution in [0.1, 0.15) is 58.6 Å². The maximum absolute atomic E-state index is 14.6. The first-order valence-corrected chi connectivity index (χ1v) is 12.7. The lowest BCUT2D eigenvalue weighted by Gasteiger charge is -2.26. The van der Waals surface area contributed by atoms with Gasteiger partial charge in [-0.3, -0.25) is 14.4 Å². The zero-order chi connectivity index (χ0) is 24.9. The molecule has 3 aromatic rings. The number of ether oxygens (including phenoxy) is 1. The van der Waals surface area contributed by atoms with Crippen LogP contribution in [-0.4, -0.2) is 35.4 Å². The Balaban J connectivity index is 1.25. The van der Waals surface area contributed by atoms with Gasteiger partial charge in [0.2, 0.25) is 0 Å². The molecule has 1 amide bonds. The number of fused-ring (bicyclic) bond motifs is 1. The van der Waals surface area contributed by atoms with Crippen LogP contribution in [0.2, 0.25) is 5.02 Å². The summed E-state index contributed by atoms with van der Waals surface area (Å²) < 4.78 is 21.3. The predicted molar refractivity (Wildman–Crippen MR) is 133 cm³/mol. The van der Waals surface area contributed by atoms with Gasteiger partial charge < -0.3 is 15.2 Å². The van der Waals surface area contributed by atoms with Crippen molar-refractivity contribution in [2.45, 2.75) is 44.6 Å². The highest BCUT2D eigenvalue weighted by molar-refractivity contribution is 7.21. The van der Waals surface area contributed by atoms with Gasteiger partial charge in [-0.25, -0.2) is 4.39 Å². The number of carbonyl (C=O) groups excluding carboxylic acids is 2. The number of thiophene rings is 1. The van der Waals surface area contributed by atoms with E-state index < -0.39 is 11.8 Å². The Morgan fingerprint density at radius 2 is 1.86 bits per heavy atom. The number of hydrogen-bond acceptors (Lipinski definition) is 5. The lowest BCUT2D eigenvalue weighted by molar-refractivity contribution is -0.143. The average molecular weight is 518 g/mol. The zero-order valence-corrected chi connectivity index (χ0v) is 20.5. The fourth-order valence-electron chi connectivity index (χ4n) is 4.24. The van der Waals surface area contributed by atoms with E-state index in [-0.39, 0.29) is 42.2 Å². The van der Waals surface area contributed by atoms with Gasteiger partial charge >= 0.3 is 5.97 Å². The zero-order valence-electron chi connectivity index (χ0n) is 18.9. The minimum Gasteiger partial charge on any atom is -0.490 e. The van der Waals surface area contributed by atoms with E-state index in [9.17, 15) is 18.8 Å². The summed E-state index contributed by atoms with van der Waals surface area (Å²) in [5.41, 5.74) is -0.0224. The molecule has 1 aliphatic carbocycles. The number of nitrogens with one attached hydrogen (secondary N) is 1. The summed E-state index contributed by atoms with van der Waals surface area (Å²) in [4.78, 5) is 36.5. The molecule has 1 heterocycles. The van der Waals surface area contributed by atoms with Crippen molar-refractivity contribution in [2.75, 3.05) is 6.54 Å². The van der Waals surface area contributed by atoms with Gasteiger partial charge in [0.25, 0.3) is 5.91 Å². The lowest BCUT2D eigenvalue weighted by atomic mass is 9.87. The Morgan fingerprint density at radius 3 is 2.54 bits per heavy atom. The highest BCUT2D eigenvalue weighted by atomic mass is 35.5. The number of carboxylic acids is 1. The van der Waals surface area contributed by atoms with Gasteiger partial charge in [-0.15, -0.1) is 11.3 Å². The third-order valence-corrected chi connectivity index (χ3v) is 7.85. The van der Waals surface area contributed by atoms with Crippen molar-refractivity contribution in [3.05, 3.63) is 63.7 Å². The van der Waals surface area contributed by atoms with Crippen molar-refractivity contribution in [3.8, 4) is 5.75 Å². The topological polar surface area (TPSA) is 92.7 Å². The number of ketones is 1. The maximum atomic E-state index is 14.6. The molecule has 1 saturated carbocycles. The SMILES string of the molecule is O=C(CCCNC(=O)c1sc2ccccc2c1Cl)c1ccc(OC2CCC(C(=O)O)CC2)cc1F. The van der Waals surface area contributed by atoms with Crippen molar-refractivity contribution in [1.29, 1.82) is 0 Å². The number of benzene rings is 2. The first-order valence-electron chi connectivity index (χ1n) is 11.5. The summed E-state index contributed by atoms with van der Waals surface area (Å²) in [5, 5.41) is 13.1. The molecule has 35 heavy (non-hydrogen) atoms. The Hall–Kier alpha value is -2.97. The molecule has 2 aromatic carbocycles. The van der Waals surface area contributed by atoms with Crippen LogP contribution in [0.25, 0.3) is 10.1 Å². The molecule has 6 nitrogen and oxygen atoms in total. The third-order valence-electron chi connectivity index (χ3n) is 6.17. The molecule has 1 aliphatic rings. The second-order valence-corrected chi connectivity index (χ2v) is 10.0. The quantitative estimate of drug-likeness (QED) is 0.264. The largest absolute Gasteiger partial charge is 0.490 e. The molecule has 0 atom stereocenters. The van der Waals surface area contributed by atoms with E-state index in [0.29, 0.717) is 47.8 Å². The molecule has 4 rings (SSSR count). The minimum atomic E-state index is -0.791. The molecule has 1 fully saturated rings. The fourth-order valence-corrected chi connectivity index (χ4v) is 5.67. The second kappa shape index (κ2) is 11.2. The Kier molecular flexibility index (Phi) is 8.03. The molecule has 0 bridgehead atoms. The van der Waals surface area contributed by atoms with Crippen LogP contribution in [0.3, 0.4) is 0 Å². The van der Waals surface area contributed by atoms with Crippen molar-refractivity contribution < 1.29 is 28.6 Å². The van der Waals surface area contributed by atoms with Gasteiger partial charge in [0, 0.05) is 29.1 Å². The van der Waals surface area contributed by atoms with E-state index in [1.54, 1.807) is 6.07 Å². The number of halogens is 2. The molecule has 0 radical (unpaired) electrons. The van der Waals surface area contributed by atoms with Crippen LogP contribution in [0.15, 0.2) is 42.5 Å². The summed E-state index contributed by atoms with van der Waals surface area (Å²) in [7, 11) is 0. The molecule has 9 heteroatoms. The normalized spacial score (nSPS) is 17.8. The standard InChI is InChI=1S/C26H25ClFNO5S/c27-23-19-4-1-2-6-22(19)35-24(23)25(31)29-13-3-5-21(30)18-12-11-17(14-20(18)28)34-16-9-7-15(8-10-16)26(32)33/h1-2,4,6,11-12,14-16H,3,5,7-10,13H2,(H,29,31)(H,32,33). The third kappa shape index (κ3) is 6.00. The van der Waals surface area contributed by atoms with Crippen molar-refractivity contribution >= 4 is 50.7 Å². The number of carbonyl (C=O) groups is 3. The molecule has 184 valence electrons. The summed E-state index contributed by atoms with van der Waals surface area (Å²) in [6, 6.07) is 11.7. The summed E-state index contributed by atoms with van der Waals surface area (Å²) in [5.74, 6) is -2.13. The Labute approximate surface area is 211 Å². The van der Waals surface area contributed by atoms with Gasteiger partial charge in [-0.1, -0.05) is 29.8 Å². The molecule has 0 spiro atoms. The van der Waals surface area contributed by atoms with E-state index in [0.717, 1.165) is 10.1 Å². The van der Waals surface area contributed by atoms with E-state index in [1.165, 1.54) is 23.5 Å². The number of hydrogen-bond donors (Lipinski definition) is 2.